The Morgan fingerprint density at radius 1 is 1.00 bits per heavy atom. The Hall–Kier alpha value is -1.96. The van der Waals surface area contributed by atoms with Crippen LogP contribution in [0.5, 0.6) is 0 Å². The molecule has 0 amide bonds. The van der Waals surface area contributed by atoms with Gasteiger partial charge in [0.1, 0.15) is 0 Å². The molecule has 0 saturated carbocycles. The van der Waals surface area contributed by atoms with E-state index in [0.29, 0.717) is 0 Å². The molecule has 1 aliphatic heterocycles. The first kappa shape index (κ1) is 21.3. The summed E-state index contributed by atoms with van der Waals surface area (Å²) in [5.74, 6) is -1.86. The van der Waals surface area contributed by atoms with Crippen LogP contribution < -0.4 is 4.46 Å². The Morgan fingerprint density at radius 2 is 1.59 bits per heavy atom. The van der Waals surface area contributed by atoms with Gasteiger partial charge >= 0.3 is 162 Å². The first-order valence-electron chi connectivity index (χ1n) is 8.27. The van der Waals surface area contributed by atoms with E-state index < -0.39 is 62.4 Å². The van der Waals surface area contributed by atoms with Crippen LogP contribution in [0.15, 0.2) is 30.3 Å². The Morgan fingerprint density at radius 3 is 2.15 bits per heavy atom. The van der Waals surface area contributed by atoms with Gasteiger partial charge in [-0.15, -0.1) is 0 Å². The van der Waals surface area contributed by atoms with Crippen molar-refractivity contribution in [2.24, 2.45) is 0 Å². The van der Waals surface area contributed by atoms with Crippen molar-refractivity contribution >= 4 is 37.3 Å². The summed E-state index contributed by atoms with van der Waals surface area (Å²) < 4.78 is 36.6. The van der Waals surface area contributed by atoms with Crippen LogP contribution in [0.2, 0.25) is 4.82 Å². The molecule has 1 fully saturated rings. The summed E-state index contributed by atoms with van der Waals surface area (Å²) in [6.07, 6.45) is -5.01. The summed E-state index contributed by atoms with van der Waals surface area (Å²) >= 11 is -0.467. The quantitative estimate of drug-likeness (QED) is 0.364. The number of halogens is 1. The van der Waals surface area contributed by atoms with Gasteiger partial charge in [-0.2, -0.15) is 0 Å². The maximum atomic E-state index is 14.8. The summed E-state index contributed by atoms with van der Waals surface area (Å²) in [5.41, 5.74) is 0. The molecule has 1 saturated heterocycles. The summed E-state index contributed by atoms with van der Waals surface area (Å²) in [5, 5.41) is 0. The molecule has 148 valence electrons. The zero-order valence-corrected chi connectivity index (χ0v) is 16.8. The molecular formula is C18H21FO7Se. The number of alkyl halides is 1. The molecule has 1 aromatic carbocycles. The fourth-order valence-corrected chi connectivity index (χ4v) is 5.04. The van der Waals surface area contributed by atoms with E-state index in [9.17, 15) is 18.8 Å². The molecule has 0 unspecified atom stereocenters. The average Bonchev–Trinajstić information content (AvgIpc) is 2.59. The number of ether oxygens (including phenoxy) is 4. The Balaban J connectivity index is 2.30. The molecule has 5 atom stereocenters. The molecule has 0 aliphatic carbocycles. The van der Waals surface area contributed by atoms with Crippen molar-refractivity contribution in [1.29, 1.82) is 0 Å². The Labute approximate surface area is 162 Å². The second-order valence-corrected chi connectivity index (χ2v) is 8.50. The van der Waals surface area contributed by atoms with Gasteiger partial charge in [0.2, 0.25) is 0 Å². The number of esters is 3. The number of rotatable bonds is 6. The van der Waals surface area contributed by atoms with Gasteiger partial charge < -0.3 is 0 Å². The Kier molecular flexibility index (Phi) is 7.77. The van der Waals surface area contributed by atoms with Crippen LogP contribution in [0.3, 0.4) is 0 Å². The predicted octanol–water partition coefficient (Wildman–Crippen LogP) is 0.925. The van der Waals surface area contributed by atoms with Gasteiger partial charge in [0.15, 0.2) is 0 Å². The van der Waals surface area contributed by atoms with Gasteiger partial charge in [0.25, 0.3) is 0 Å². The molecule has 1 aromatic rings. The number of hydrogen-bond acceptors (Lipinski definition) is 7. The first-order valence-corrected chi connectivity index (χ1v) is 10.1. The minimum atomic E-state index is -1.78. The minimum absolute atomic E-state index is 0.323. The summed E-state index contributed by atoms with van der Waals surface area (Å²) in [6, 6.07) is 9.15. The van der Waals surface area contributed by atoms with Crippen LogP contribution >= 0.6 is 0 Å². The van der Waals surface area contributed by atoms with E-state index >= 15 is 0 Å². The van der Waals surface area contributed by atoms with E-state index in [0.717, 1.165) is 4.46 Å². The summed E-state index contributed by atoms with van der Waals surface area (Å²) in [6.45, 7) is 3.26. The molecule has 0 bridgehead atoms. The fourth-order valence-electron chi connectivity index (χ4n) is 2.64. The number of carbonyl (C=O) groups is 3. The third-order valence-corrected chi connectivity index (χ3v) is 6.37. The molecule has 0 spiro atoms. The zero-order chi connectivity index (χ0) is 20.0. The third-order valence-electron chi connectivity index (χ3n) is 3.65. The van der Waals surface area contributed by atoms with Crippen molar-refractivity contribution in [3.63, 3.8) is 0 Å². The van der Waals surface area contributed by atoms with Gasteiger partial charge in [-0.1, -0.05) is 0 Å². The van der Waals surface area contributed by atoms with Crippen molar-refractivity contribution < 1.29 is 37.7 Å². The van der Waals surface area contributed by atoms with Crippen molar-refractivity contribution in [2.45, 2.75) is 50.3 Å². The van der Waals surface area contributed by atoms with Crippen LogP contribution in [0.25, 0.3) is 0 Å². The van der Waals surface area contributed by atoms with Gasteiger partial charge in [0.05, 0.1) is 0 Å². The molecule has 1 heterocycles. The van der Waals surface area contributed by atoms with Gasteiger partial charge in [-0.05, 0) is 0 Å². The van der Waals surface area contributed by atoms with Crippen LogP contribution in [0, 0.1) is 0 Å². The first-order chi connectivity index (χ1) is 12.8. The summed E-state index contributed by atoms with van der Waals surface area (Å²) in [4.78, 5) is 33.4. The monoisotopic (exact) mass is 448 g/mol. The maximum absolute atomic E-state index is 14.8. The van der Waals surface area contributed by atoms with Gasteiger partial charge in [-0.3, -0.25) is 0 Å². The van der Waals surface area contributed by atoms with Crippen LogP contribution in [-0.2, 0) is 33.3 Å². The molecule has 0 aromatic heterocycles. The van der Waals surface area contributed by atoms with E-state index in [1.54, 1.807) is 0 Å². The normalized spacial score (nSPS) is 27.5. The molecular weight excluding hydrogens is 426 g/mol. The second-order valence-electron chi connectivity index (χ2n) is 5.87. The van der Waals surface area contributed by atoms with Crippen molar-refractivity contribution in [2.75, 3.05) is 6.61 Å². The molecule has 27 heavy (non-hydrogen) atoms. The number of benzene rings is 1. The molecule has 0 radical (unpaired) electrons. The van der Waals surface area contributed by atoms with E-state index in [4.69, 9.17) is 18.9 Å². The van der Waals surface area contributed by atoms with Gasteiger partial charge in [0, 0.05) is 0 Å². The van der Waals surface area contributed by atoms with Gasteiger partial charge in [-0.25, -0.2) is 0 Å². The second kappa shape index (κ2) is 9.82. The standard InChI is InChI=1S/C18H21FO7Se/c1-10(20)23-9-14-15(24-11(2)21)16(25-12(3)22)17(18(19)26-14)27-13-7-5-4-6-8-13/h4-8,14-18H,9H2,1-3H3/t14-,15-,16+,17+,18+/m1/s1. The third kappa shape index (κ3) is 6.30. The number of hydrogen-bond donors (Lipinski definition) is 0. The SMILES string of the molecule is CC(=O)OC[C@H]1O[C@H](F)[C@@H]([Se]c2ccccc2)[C@@H](OC(C)=O)[C@@H]1OC(C)=O. The molecule has 0 N–H and O–H groups in total. The van der Waals surface area contributed by atoms with Crippen LogP contribution in [0.1, 0.15) is 20.8 Å². The van der Waals surface area contributed by atoms with E-state index in [1.807, 2.05) is 30.3 Å². The van der Waals surface area contributed by atoms with E-state index in [-0.39, 0.29) is 6.61 Å². The van der Waals surface area contributed by atoms with E-state index in [2.05, 4.69) is 0 Å². The Bertz CT molecular complexity index is 669. The van der Waals surface area contributed by atoms with E-state index in [1.165, 1.54) is 20.8 Å². The summed E-state index contributed by atoms with van der Waals surface area (Å²) in [7, 11) is 0. The molecule has 2 rings (SSSR count). The molecule has 1 aliphatic rings. The van der Waals surface area contributed by atoms with Crippen molar-refractivity contribution in [3.05, 3.63) is 30.3 Å². The molecule has 7 nitrogen and oxygen atoms in total. The fraction of sp³-hybridized carbons (Fsp3) is 0.500. The average molecular weight is 447 g/mol. The number of carbonyl (C=O) groups excluding carboxylic acids is 3. The van der Waals surface area contributed by atoms with Crippen molar-refractivity contribution in [1.82, 2.24) is 0 Å². The van der Waals surface area contributed by atoms with Crippen molar-refractivity contribution in [3.8, 4) is 0 Å². The van der Waals surface area contributed by atoms with Crippen LogP contribution in [-0.4, -0.2) is 64.1 Å². The zero-order valence-electron chi connectivity index (χ0n) is 15.1. The van der Waals surface area contributed by atoms with Crippen LogP contribution in [0.4, 0.5) is 4.39 Å². The topological polar surface area (TPSA) is 88.1 Å². The molecule has 9 heteroatoms. The predicted molar refractivity (Wildman–Crippen MR) is 93.1 cm³/mol.